The molecule has 1 aromatic heterocycles. The standard InChI is InChI=1S/C14H23N3O2/c1-16(13-3-4-13)14(18)11-17-7-5-12(10-17)9-15-6-8-19-2/h5,7,10,13,15H,3-4,6,8-9,11H2,1-2H3. The van der Waals surface area contributed by atoms with Gasteiger partial charge in [0.15, 0.2) is 0 Å². The molecule has 0 aromatic carbocycles. The first-order chi connectivity index (χ1) is 9.20. The van der Waals surface area contributed by atoms with E-state index in [1.165, 1.54) is 5.56 Å². The molecule has 19 heavy (non-hydrogen) atoms. The van der Waals surface area contributed by atoms with Gasteiger partial charge in [-0.3, -0.25) is 4.79 Å². The summed E-state index contributed by atoms with van der Waals surface area (Å²) in [4.78, 5) is 13.8. The monoisotopic (exact) mass is 265 g/mol. The smallest absolute Gasteiger partial charge is 0.242 e. The number of aromatic nitrogens is 1. The summed E-state index contributed by atoms with van der Waals surface area (Å²) in [7, 11) is 3.59. The highest BCUT2D eigenvalue weighted by Crippen LogP contribution is 2.25. The Morgan fingerprint density at radius 2 is 2.37 bits per heavy atom. The van der Waals surface area contributed by atoms with E-state index >= 15 is 0 Å². The highest BCUT2D eigenvalue weighted by molar-refractivity contribution is 5.76. The van der Waals surface area contributed by atoms with Gasteiger partial charge in [0, 0.05) is 45.7 Å². The third-order valence-corrected chi connectivity index (χ3v) is 3.43. The van der Waals surface area contributed by atoms with E-state index in [9.17, 15) is 4.79 Å². The second kappa shape index (κ2) is 6.73. The molecule has 0 bridgehead atoms. The van der Waals surface area contributed by atoms with Gasteiger partial charge in [-0.1, -0.05) is 0 Å². The van der Waals surface area contributed by atoms with Crippen LogP contribution in [0.5, 0.6) is 0 Å². The number of amides is 1. The number of carbonyl (C=O) groups is 1. The molecule has 0 unspecified atom stereocenters. The van der Waals surface area contributed by atoms with Crippen LogP contribution in [0.15, 0.2) is 18.5 Å². The first-order valence-corrected chi connectivity index (χ1v) is 6.80. The zero-order valence-corrected chi connectivity index (χ0v) is 11.8. The summed E-state index contributed by atoms with van der Waals surface area (Å²) in [6, 6.07) is 2.53. The van der Waals surface area contributed by atoms with Crippen molar-refractivity contribution in [2.75, 3.05) is 27.3 Å². The van der Waals surface area contributed by atoms with Crippen LogP contribution < -0.4 is 5.32 Å². The maximum absolute atomic E-state index is 12.0. The van der Waals surface area contributed by atoms with Gasteiger partial charge in [0.25, 0.3) is 0 Å². The summed E-state index contributed by atoms with van der Waals surface area (Å²) in [6.45, 7) is 2.80. The Morgan fingerprint density at radius 3 is 3.05 bits per heavy atom. The van der Waals surface area contributed by atoms with Gasteiger partial charge >= 0.3 is 0 Å². The number of likely N-dealkylation sites (N-methyl/N-ethyl adjacent to an activating group) is 1. The molecule has 1 saturated carbocycles. The largest absolute Gasteiger partial charge is 0.383 e. The van der Waals surface area contributed by atoms with Gasteiger partial charge in [0.2, 0.25) is 5.91 Å². The first kappa shape index (κ1) is 14.1. The average Bonchev–Trinajstić information content (AvgIpc) is 3.16. The Balaban J connectivity index is 1.75. The molecule has 1 aromatic rings. The zero-order chi connectivity index (χ0) is 13.7. The zero-order valence-electron chi connectivity index (χ0n) is 11.8. The number of hydrogen-bond acceptors (Lipinski definition) is 3. The minimum absolute atomic E-state index is 0.192. The molecule has 1 N–H and O–H groups in total. The van der Waals surface area contributed by atoms with Crippen LogP contribution in [0.25, 0.3) is 0 Å². The van der Waals surface area contributed by atoms with Gasteiger partial charge in [-0.2, -0.15) is 0 Å². The molecule has 1 amide bonds. The van der Waals surface area contributed by atoms with E-state index in [0.29, 0.717) is 19.2 Å². The van der Waals surface area contributed by atoms with Crippen LogP contribution in [0.2, 0.25) is 0 Å². The fourth-order valence-corrected chi connectivity index (χ4v) is 2.03. The van der Waals surface area contributed by atoms with Gasteiger partial charge in [0.05, 0.1) is 6.61 Å². The summed E-state index contributed by atoms with van der Waals surface area (Å²) < 4.78 is 6.93. The number of hydrogen-bond donors (Lipinski definition) is 1. The summed E-state index contributed by atoms with van der Waals surface area (Å²) in [5.41, 5.74) is 1.19. The Bertz CT molecular complexity index is 413. The second-order valence-corrected chi connectivity index (χ2v) is 5.10. The van der Waals surface area contributed by atoms with Crippen LogP contribution in [-0.2, 0) is 22.6 Å². The molecule has 0 atom stereocenters. The van der Waals surface area contributed by atoms with Gasteiger partial charge in [-0.05, 0) is 24.5 Å². The molecule has 5 heteroatoms. The molecule has 0 radical (unpaired) electrons. The quantitative estimate of drug-likeness (QED) is 0.709. The van der Waals surface area contributed by atoms with E-state index in [1.54, 1.807) is 7.11 Å². The van der Waals surface area contributed by atoms with Gasteiger partial charge in [-0.25, -0.2) is 0 Å². The number of nitrogens with one attached hydrogen (secondary N) is 1. The van der Waals surface area contributed by atoms with E-state index in [2.05, 4.69) is 5.32 Å². The van der Waals surface area contributed by atoms with Crippen LogP contribution in [0, 0.1) is 0 Å². The normalized spacial score (nSPS) is 14.6. The second-order valence-electron chi connectivity index (χ2n) is 5.10. The lowest BCUT2D eigenvalue weighted by Crippen LogP contribution is -2.31. The van der Waals surface area contributed by atoms with E-state index in [1.807, 2.05) is 35.0 Å². The van der Waals surface area contributed by atoms with Crippen molar-refractivity contribution in [3.8, 4) is 0 Å². The lowest BCUT2D eigenvalue weighted by atomic mass is 10.3. The van der Waals surface area contributed by atoms with Gasteiger partial charge in [-0.15, -0.1) is 0 Å². The third kappa shape index (κ3) is 4.36. The Labute approximate surface area is 114 Å². The number of nitrogens with zero attached hydrogens (tertiary/aromatic N) is 2. The van der Waals surface area contributed by atoms with Crippen LogP contribution in [-0.4, -0.2) is 48.7 Å². The molecule has 1 fully saturated rings. The van der Waals surface area contributed by atoms with Crippen molar-refractivity contribution in [1.82, 2.24) is 14.8 Å². The SMILES string of the molecule is COCCNCc1ccn(CC(=O)N(C)C2CC2)c1. The van der Waals surface area contributed by atoms with E-state index in [0.717, 1.165) is 25.9 Å². The fraction of sp³-hybridized carbons (Fsp3) is 0.643. The number of carbonyl (C=O) groups excluding carboxylic acids is 1. The summed E-state index contributed by atoms with van der Waals surface area (Å²) in [5.74, 6) is 0.192. The molecule has 0 aliphatic heterocycles. The Morgan fingerprint density at radius 1 is 1.58 bits per heavy atom. The van der Waals surface area contributed by atoms with Crippen molar-refractivity contribution in [3.05, 3.63) is 24.0 Å². The van der Waals surface area contributed by atoms with Crippen LogP contribution in [0.4, 0.5) is 0 Å². The van der Waals surface area contributed by atoms with Crippen molar-refractivity contribution in [2.24, 2.45) is 0 Å². The van der Waals surface area contributed by atoms with Crippen LogP contribution in [0.3, 0.4) is 0 Å². The summed E-state index contributed by atoms with van der Waals surface area (Å²) in [6.07, 6.45) is 6.30. The average molecular weight is 265 g/mol. The highest BCUT2D eigenvalue weighted by Gasteiger charge is 2.29. The van der Waals surface area contributed by atoms with Gasteiger partial charge < -0.3 is 19.5 Å². The van der Waals surface area contributed by atoms with E-state index < -0.39 is 0 Å². The maximum atomic E-state index is 12.0. The summed E-state index contributed by atoms with van der Waals surface area (Å²) >= 11 is 0. The first-order valence-electron chi connectivity index (χ1n) is 6.80. The lowest BCUT2D eigenvalue weighted by molar-refractivity contribution is -0.131. The lowest BCUT2D eigenvalue weighted by Gasteiger charge is -2.16. The Hall–Kier alpha value is -1.33. The molecular weight excluding hydrogens is 242 g/mol. The summed E-state index contributed by atoms with van der Waals surface area (Å²) in [5, 5.41) is 3.29. The predicted molar refractivity (Wildman–Crippen MR) is 73.8 cm³/mol. The van der Waals surface area contributed by atoms with Crippen molar-refractivity contribution in [3.63, 3.8) is 0 Å². The van der Waals surface area contributed by atoms with Crippen LogP contribution >= 0.6 is 0 Å². The molecule has 0 spiro atoms. The van der Waals surface area contributed by atoms with Crippen molar-refractivity contribution >= 4 is 5.91 Å². The molecule has 0 saturated heterocycles. The van der Waals surface area contributed by atoms with Gasteiger partial charge in [0.1, 0.15) is 6.54 Å². The molecular formula is C14H23N3O2. The highest BCUT2D eigenvalue weighted by atomic mass is 16.5. The van der Waals surface area contributed by atoms with E-state index in [-0.39, 0.29) is 5.91 Å². The number of ether oxygens (including phenoxy) is 1. The maximum Gasteiger partial charge on any atom is 0.242 e. The van der Waals surface area contributed by atoms with Crippen molar-refractivity contribution in [2.45, 2.75) is 32.0 Å². The van der Waals surface area contributed by atoms with E-state index in [4.69, 9.17) is 4.74 Å². The molecule has 2 rings (SSSR count). The molecule has 1 aliphatic carbocycles. The van der Waals surface area contributed by atoms with Crippen molar-refractivity contribution < 1.29 is 9.53 Å². The molecule has 106 valence electrons. The topological polar surface area (TPSA) is 46.5 Å². The number of methoxy groups -OCH3 is 1. The fourth-order valence-electron chi connectivity index (χ4n) is 2.03. The molecule has 5 nitrogen and oxygen atoms in total. The molecule has 1 heterocycles. The van der Waals surface area contributed by atoms with Crippen molar-refractivity contribution in [1.29, 1.82) is 0 Å². The molecule has 1 aliphatic rings. The third-order valence-electron chi connectivity index (χ3n) is 3.43. The predicted octanol–water partition coefficient (Wildman–Crippen LogP) is 0.845. The van der Waals surface area contributed by atoms with Crippen LogP contribution in [0.1, 0.15) is 18.4 Å². The number of rotatable bonds is 8. The minimum Gasteiger partial charge on any atom is -0.383 e. The minimum atomic E-state index is 0.192. The Kier molecular flexibility index (Phi) is 4.99.